The Bertz CT molecular complexity index is 1010. The Balaban J connectivity index is 1.87. The van der Waals surface area contributed by atoms with Gasteiger partial charge in [-0.1, -0.05) is 12.1 Å². The lowest BCUT2D eigenvalue weighted by molar-refractivity contribution is -0.113. The average Bonchev–Trinajstić information content (AvgIpc) is 3.20. The number of halogens is 2. The summed E-state index contributed by atoms with van der Waals surface area (Å²) in [6.45, 7) is 0. The topological polar surface area (TPSA) is 58.2 Å². The quantitative estimate of drug-likeness (QED) is 0.794. The van der Waals surface area contributed by atoms with Crippen molar-refractivity contribution < 1.29 is 18.3 Å². The SMILES string of the molecule is COC1=CC(=O)N(c2ccc3[nH]cnc3c2)C1c1cccc(F)c1F. The largest absolute Gasteiger partial charge is 0.498 e. The molecule has 1 amide bonds. The first-order valence-electron chi connectivity index (χ1n) is 7.56. The molecular weight excluding hydrogens is 328 g/mol. The van der Waals surface area contributed by atoms with E-state index in [1.54, 1.807) is 24.5 Å². The Hall–Kier alpha value is -3.22. The molecule has 1 N–H and O–H groups in total. The molecule has 1 aliphatic heterocycles. The van der Waals surface area contributed by atoms with E-state index in [1.807, 2.05) is 0 Å². The molecule has 1 atom stereocenters. The lowest BCUT2D eigenvalue weighted by Crippen LogP contribution is -2.30. The van der Waals surface area contributed by atoms with Crippen molar-refractivity contribution in [1.29, 1.82) is 0 Å². The fraction of sp³-hybridized carbons (Fsp3) is 0.111. The molecule has 5 nitrogen and oxygen atoms in total. The number of rotatable bonds is 3. The predicted octanol–water partition coefficient (Wildman–Crippen LogP) is 3.46. The number of fused-ring (bicyclic) bond motifs is 1. The van der Waals surface area contributed by atoms with E-state index in [0.717, 1.165) is 11.6 Å². The smallest absolute Gasteiger partial charge is 0.255 e. The minimum atomic E-state index is -1.00. The van der Waals surface area contributed by atoms with Gasteiger partial charge in [0.25, 0.3) is 5.91 Å². The normalized spacial score (nSPS) is 17.2. The van der Waals surface area contributed by atoms with Crippen LogP contribution in [0.25, 0.3) is 11.0 Å². The minimum Gasteiger partial charge on any atom is -0.498 e. The standard InChI is InChI=1S/C18H13F2N3O2/c1-25-15-8-16(24)23(10-5-6-13-14(7-10)22-9-21-13)18(15)11-3-2-4-12(19)17(11)20/h2-9,18H,1H3,(H,21,22). The third-order valence-corrected chi connectivity index (χ3v) is 4.23. The van der Waals surface area contributed by atoms with Crippen molar-refractivity contribution in [3.05, 3.63) is 71.8 Å². The number of ether oxygens (including phenoxy) is 1. The van der Waals surface area contributed by atoms with Crippen molar-refractivity contribution in [1.82, 2.24) is 9.97 Å². The van der Waals surface area contributed by atoms with Crippen LogP contribution in [0.5, 0.6) is 0 Å². The van der Waals surface area contributed by atoms with Gasteiger partial charge < -0.3 is 9.72 Å². The van der Waals surface area contributed by atoms with Gasteiger partial charge in [-0.15, -0.1) is 0 Å². The molecular formula is C18H13F2N3O2. The highest BCUT2D eigenvalue weighted by molar-refractivity contribution is 6.06. The fourth-order valence-corrected chi connectivity index (χ4v) is 3.07. The number of aromatic amines is 1. The van der Waals surface area contributed by atoms with E-state index in [9.17, 15) is 13.6 Å². The summed E-state index contributed by atoms with van der Waals surface area (Å²) in [5, 5.41) is 0. The zero-order chi connectivity index (χ0) is 17.6. The second kappa shape index (κ2) is 5.70. The molecule has 0 fully saturated rings. The summed E-state index contributed by atoms with van der Waals surface area (Å²) >= 11 is 0. The maximum atomic E-state index is 14.4. The van der Waals surface area contributed by atoms with Crippen LogP contribution in [0.4, 0.5) is 14.5 Å². The highest BCUT2D eigenvalue weighted by atomic mass is 19.2. The summed E-state index contributed by atoms with van der Waals surface area (Å²) in [7, 11) is 1.39. The summed E-state index contributed by atoms with van der Waals surface area (Å²) < 4.78 is 33.3. The van der Waals surface area contributed by atoms with Crippen LogP contribution < -0.4 is 4.90 Å². The van der Waals surface area contributed by atoms with Gasteiger partial charge in [0.2, 0.25) is 0 Å². The molecule has 0 aliphatic carbocycles. The van der Waals surface area contributed by atoms with Crippen molar-refractivity contribution >= 4 is 22.6 Å². The maximum Gasteiger partial charge on any atom is 0.255 e. The van der Waals surface area contributed by atoms with Gasteiger partial charge in [0, 0.05) is 17.3 Å². The van der Waals surface area contributed by atoms with Crippen molar-refractivity contribution in [2.75, 3.05) is 12.0 Å². The van der Waals surface area contributed by atoms with Gasteiger partial charge in [-0.3, -0.25) is 9.69 Å². The first-order valence-corrected chi connectivity index (χ1v) is 7.56. The number of H-pyrrole nitrogens is 1. The first kappa shape index (κ1) is 15.3. The molecule has 4 rings (SSSR count). The third-order valence-electron chi connectivity index (χ3n) is 4.23. The summed E-state index contributed by atoms with van der Waals surface area (Å²) in [5.74, 6) is -2.11. The van der Waals surface area contributed by atoms with Crippen LogP contribution >= 0.6 is 0 Å². The zero-order valence-electron chi connectivity index (χ0n) is 13.2. The van der Waals surface area contributed by atoms with Crippen molar-refractivity contribution in [3.8, 4) is 0 Å². The van der Waals surface area contributed by atoms with Crippen molar-refractivity contribution in [2.24, 2.45) is 0 Å². The van der Waals surface area contributed by atoms with Crippen LogP contribution in [0.1, 0.15) is 11.6 Å². The number of hydrogen-bond acceptors (Lipinski definition) is 3. The number of methoxy groups -OCH3 is 1. The van der Waals surface area contributed by atoms with Crippen LogP contribution in [0.2, 0.25) is 0 Å². The number of carbonyl (C=O) groups is 1. The maximum absolute atomic E-state index is 14.4. The van der Waals surface area contributed by atoms with Crippen LogP contribution in [0.15, 0.2) is 54.6 Å². The molecule has 25 heavy (non-hydrogen) atoms. The number of aromatic nitrogens is 2. The average molecular weight is 341 g/mol. The van der Waals surface area contributed by atoms with Crippen LogP contribution in [-0.2, 0) is 9.53 Å². The Morgan fingerprint density at radius 1 is 1.24 bits per heavy atom. The Kier molecular flexibility index (Phi) is 3.49. The minimum absolute atomic E-state index is 0.0288. The van der Waals surface area contributed by atoms with Crippen LogP contribution in [0.3, 0.4) is 0 Å². The van der Waals surface area contributed by atoms with E-state index in [1.165, 1.54) is 30.2 Å². The molecule has 3 aromatic rings. The molecule has 2 aromatic carbocycles. The highest BCUT2D eigenvalue weighted by Crippen LogP contribution is 2.40. The Morgan fingerprint density at radius 2 is 2.08 bits per heavy atom. The lowest BCUT2D eigenvalue weighted by atomic mass is 10.0. The number of imidazole rings is 1. The van der Waals surface area contributed by atoms with Gasteiger partial charge in [-0.05, 0) is 24.3 Å². The lowest BCUT2D eigenvalue weighted by Gasteiger charge is -2.27. The molecule has 0 saturated heterocycles. The van der Waals surface area contributed by atoms with E-state index < -0.39 is 17.7 Å². The molecule has 126 valence electrons. The van der Waals surface area contributed by atoms with Gasteiger partial charge in [-0.2, -0.15) is 0 Å². The van der Waals surface area contributed by atoms with Gasteiger partial charge in [-0.25, -0.2) is 13.8 Å². The van der Waals surface area contributed by atoms with Crippen LogP contribution in [0, 0.1) is 11.6 Å². The molecule has 2 heterocycles. The molecule has 0 saturated carbocycles. The molecule has 7 heteroatoms. The van der Waals surface area contributed by atoms with Gasteiger partial charge in [0.05, 0.1) is 24.5 Å². The molecule has 0 radical (unpaired) electrons. The second-order valence-electron chi connectivity index (χ2n) is 5.61. The molecule has 0 spiro atoms. The van der Waals surface area contributed by atoms with Gasteiger partial charge in [0.1, 0.15) is 11.8 Å². The third kappa shape index (κ3) is 2.36. The second-order valence-corrected chi connectivity index (χ2v) is 5.61. The number of nitrogens with one attached hydrogen (secondary N) is 1. The number of anilines is 1. The van der Waals surface area contributed by atoms with Gasteiger partial charge >= 0.3 is 0 Å². The summed E-state index contributed by atoms with van der Waals surface area (Å²) in [4.78, 5) is 21.0. The Labute approximate surface area is 141 Å². The van der Waals surface area contributed by atoms with E-state index in [2.05, 4.69) is 9.97 Å². The van der Waals surface area contributed by atoms with E-state index in [0.29, 0.717) is 11.2 Å². The van der Waals surface area contributed by atoms with E-state index in [4.69, 9.17) is 4.74 Å². The zero-order valence-corrected chi connectivity index (χ0v) is 13.2. The van der Waals surface area contributed by atoms with Crippen LogP contribution in [-0.4, -0.2) is 23.0 Å². The summed E-state index contributed by atoms with van der Waals surface area (Å²) in [5.41, 5.74) is 2.01. The Morgan fingerprint density at radius 3 is 2.88 bits per heavy atom. The molecule has 1 unspecified atom stereocenters. The van der Waals surface area contributed by atoms with Crippen molar-refractivity contribution in [3.63, 3.8) is 0 Å². The highest BCUT2D eigenvalue weighted by Gasteiger charge is 2.38. The summed E-state index contributed by atoms with van der Waals surface area (Å²) in [6, 6.07) is 8.19. The molecule has 1 aliphatic rings. The number of carbonyl (C=O) groups excluding carboxylic acids is 1. The van der Waals surface area contributed by atoms with Gasteiger partial charge in [0.15, 0.2) is 11.6 Å². The van der Waals surface area contributed by atoms with Crippen molar-refractivity contribution in [2.45, 2.75) is 6.04 Å². The molecule has 0 bridgehead atoms. The summed E-state index contributed by atoms with van der Waals surface area (Å²) in [6.07, 6.45) is 2.83. The first-order chi connectivity index (χ1) is 12.1. The predicted molar refractivity (Wildman–Crippen MR) is 87.8 cm³/mol. The number of amides is 1. The number of benzene rings is 2. The fourth-order valence-electron chi connectivity index (χ4n) is 3.07. The van der Waals surface area contributed by atoms with E-state index >= 15 is 0 Å². The number of hydrogen-bond donors (Lipinski definition) is 1. The monoisotopic (exact) mass is 341 g/mol. The number of nitrogens with zero attached hydrogens (tertiary/aromatic N) is 2. The molecule has 1 aromatic heterocycles. The van der Waals surface area contributed by atoms with E-state index in [-0.39, 0.29) is 17.2 Å².